The van der Waals surface area contributed by atoms with Crippen molar-refractivity contribution in [1.29, 1.82) is 0 Å². The van der Waals surface area contributed by atoms with Gasteiger partial charge in [-0.3, -0.25) is 10.7 Å². The summed E-state index contributed by atoms with van der Waals surface area (Å²) >= 11 is 0. The molecule has 2 rings (SSSR count). The van der Waals surface area contributed by atoms with Crippen LogP contribution in [0.15, 0.2) is 18.2 Å². The van der Waals surface area contributed by atoms with Crippen molar-refractivity contribution in [3.63, 3.8) is 0 Å². The van der Waals surface area contributed by atoms with Gasteiger partial charge in [0.05, 0.1) is 0 Å². The van der Waals surface area contributed by atoms with Gasteiger partial charge in [-0.25, -0.2) is 5.01 Å². The average molecular weight is 219 g/mol. The minimum atomic E-state index is 0.977. The summed E-state index contributed by atoms with van der Waals surface area (Å²) in [4.78, 5) is 2.48. The standard InChI is InChI=1S/C13H21N3/c1-11-4-3-5-13(12(11)2)10-15-6-8-16(14)9-7-15/h3-5H,6-10,14H2,1-2H3. The second-order valence-corrected chi connectivity index (χ2v) is 4.67. The van der Waals surface area contributed by atoms with E-state index in [1.165, 1.54) is 16.7 Å². The molecular formula is C13H21N3. The van der Waals surface area contributed by atoms with Gasteiger partial charge in [0.15, 0.2) is 0 Å². The molecule has 3 heteroatoms. The van der Waals surface area contributed by atoms with Gasteiger partial charge in [-0.05, 0) is 30.5 Å². The summed E-state index contributed by atoms with van der Waals surface area (Å²) in [5.74, 6) is 5.75. The Labute approximate surface area is 97.8 Å². The second-order valence-electron chi connectivity index (χ2n) is 4.67. The van der Waals surface area contributed by atoms with E-state index in [-0.39, 0.29) is 0 Å². The molecule has 0 saturated carbocycles. The molecule has 1 aromatic carbocycles. The molecule has 88 valence electrons. The van der Waals surface area contributed by atoms with Crippen LogP contribution in [0.25, 0.3) is 0 Å². The van der Waals surface area contributed by atoms with Crippen LogP contribution < -0.4 is 5.84 Å². The van der Waals surface area contributed by atoms with Crippen molar-refractivity contribution >= 4 is 0 Å². The van der Waals surface area contributed by atoms with Gasteiger partial charge in [0.2, 0.25) is 0 Å². The summed E-state index contributed by atoms with van der Waals surface area (Å²) in [6.45, 7) is 9.55. The molecule has 1 fully saturated rings. The predicted molar refractivity (Wildman–Crippen MR) is 67.0 cm³/mol. The molecule has 1 heterocycles. The molecule has 0 unspecified atom stereocenters. The molecule has 1 aromatic rings. The first kappa shape index (κ1) is 11.6. The van der Waals surface area contributed by atoms with Crippen LogP contribution in [-0.4, -0.2) is 36.1 Å². The third-order valence-electron chi connectivity index (χ3n) is 3.52. The smallest absolute Gasteiger partial charge is 0.0257 e. The lowest BCUT2D eigenvalue weighted by Gasteiger charge is -2.32. The Morgan fingerprint density at radius 3 is 2.50 bits per heavy atom. The first-order valence-electron chi connectivity index (χ1n) is 5.94. The van der Waals surface area contributed by atoms with E-state index in [0.29, 0.717) is 0 Å². The molecule has 0 radical (unpaired) electrons. The van der Waals surface area contributed by atoms with Crippen molar-refractivity contribution in [2.45, 2.75) is 20.4 Å². The van der Waals surface area contributed by atoms with Gasteiger partial charge in [-0.2, -0.15) is 0 Å². The zero-order valence-electron chi connectivity index (χ0n) is 10.2. The number of piperazine rings is 1. The molecule has 0 spiro atoms. The summed E-state index contributed by atoms with van der Waals surface area (Å²) in [6.07, 6.45) is 0. The number of hydrazine groups is 1. The maximum absolute atomic E-state index is 5.75. The van der Waals surface area contributed by atoms with Crippen molar-refractivity contribution in [3.8, 4) is 0 Å². The molecule has 0 aliphatic carbocycles. The van der Waals surface area contributed by atoms with Crippen LogP contribution >= 0.6 is 0 Å². The Kier molecular flexibility index (Phi) is 3.59. The van der Waals surface area contributed by atoms with Crippen molar-refractivity contribution < 1.29 is 0 Å². The highest BCUT2D eigenvalue weighted by molar-refractivity contribution is 5.33. The summed E-state index contributed by atoms with van der Waals surface area (Å²) in [7, 11) is 0. The van der Waals surface area contributed by atoms with E-state index in [1.807, 2.05) is 5.01 Å². The largest absolute Gasteiger partial charge is 0.296 e. The van der Waals surface area contributed by atoms with Gasteiger partial charge in [0.1, 0.15) is 0 Å². The number of benzene rings is 1. The Bertz CT molecular complexity index is 354. The Balaban J connectivity index is 2.01. The predicted octanol–water partition coefficient (Wildman–Crippen LogP) is 1.29. The van der Waals surface area contributed by atoms with Crippen LogP contribution in [0, 0.1) is 13.8 Å². The molecule has 3 nitrogen and oxygen atoms in total. The molecule has 0 aromatic heterocycles. The fourth-order valence-electron chi connectivity index (χ4n) is 2.15. The molecule has 0 bridgehead atoms. The number of nitrogens with two attached hydrogens (primary N) is 1. The molecule has 16 heavy (non-hydrogen) atoms. The zero-order valence-corrected chi connectivity index (χ0v) is 10.2. The summed E-state index contributed by atoms with van der Waals surface area (Å²) < 4.78 is 0. The highest BCUT2D eigenvalue weighted by atomic mass is 15.4. The number of nitrogens with zero attached hydrogens (tertiary/aromatic N) is 2. The van der Waals surface area contributed by atoms with Crippen LogP contribution in [0.1, 0.15) is 16.7 Å². The lowest BCUT2D eigenvalue weighted by atomic mass is 10.0. The fraction of sp³-hybridized carbons (Fsp3) is 0.538. The molecule has 1 saturated heterocycles. The van der Waals surface area contributed by atoms with Crippen LogP contribution in [0.5, 0.6) is 0 Å². The van der Waals surface area contributed by atoms with E-state index >= 15 is 0 Å². The molecule has 0 atom stereocenters. The van der Waals surface area contributed by atoms with Gasteiger partial charge in [0.25, 0.3) is 0 Å². The minimum Gasteiger partial charge on any atom is -0.296 e. The SMILES string of the molecule is Cc1cccc(CN2CCN(N)CC2)c1C. The number of hydrogen-bond acceptors (Lipinski definition) is 3. The lowest BCUT2D eigenvalue weighted by Crippen LogP contribution is -2.48. The molecule has 1 aliphatic rings. The normalized spacial score (nSPS) is 18.9. The maximum Gasteiger partial charge on any atom is 0.0257 e. The first-order chi connectivity index (χ1) is 7.66. The van der Waals surface area contributed by atoms with Crippen LogP contribution in [0.4, 0.5) is 0 Å². The van der Waals surface area contributed by atoms with Crippen molar-refractivity contribution in [3.05, 3.63) is 34.9 Å². The number of rotatable bonds is 2. The van der Waals surface area contributed by atoms with Gasteiger partial charge < -0.3 is 0 Å². The van der Waals surface area contributed by atoms with Gasteiger partial charge >= 0.3 is 0 Å². The average Bonchev–Trinajstić information content (AvgIpc) is 2.28. The van der Waals surface area contributed by atoms with E-state index in [4.69, 9.17) is 5.84 Å². The van der Waals surface area contributed by atoms with E-state index in [2.05, 4.69) is 36.9 Å². The van der Waals surface area contributed by atoms with Crippen molar-refractivity contribution in [1.82, 2.24) is 9.91 Å². The van der Waals surface area contributed by atoms with Gasteiger partial charge in [-0.1, -0.05) is 18.2 Å². The van der Waals surface area contributed by atoms with Crippen molar-refractivity contribution in [2.75, 3.05) is 26.2 Å². The van der Waals surface area contributed by atoms with Crippen LogP contribution in [-0.2, 0) is 6.54 Å². The highest BCUT2D eigenvalue weighted by Crippen LogP contribution is 2.15. The van der Waals surface area contributed by atoms with E-state index in [9.17, 15) is 0 Å². The summed E-state index contributed by atoms with van der Waals surface area (Å²) in [5, 5.41) is 1.90. The second kappa shape index (κ2) is 4.95. The van der Waals surface area contributed by atoms with E-state index in [1.54, 1.807) is 0 Å². The Morgan fingerprint density at radius 1 is 1.12 bits per heavy atom. The number of aryl methyl sites for hydroxylation is 1. The fourth-order valence-corrected chi connectivity index (χ4v) is 2.15. The summed E-state index contributed by atoms with van der Waals surface area (Å²) in [5.41, 5.74) is 4.26. The Hall–Kier alpha value is -0.900. The summed E-state index contributed by atoms with van der Waals surface area (Å²) in [6, 6.07) is 6.56. The topological polar surface area (TPSA) is 32.5 Å². The maximum atomic E-state index is 5.75. The van der Waals surface area contributed by atoms with E-state index in [0.717, 1.165) is 32.7 Å². The zero-order chi connectivity index (χ0) is 11.5. The van der Waals surface area contributed by atoms with E-state index < -0.39 is 0 Å². The molecule has 0 amide bonds. The number of hydrogen-bond donors (Lipinski definition) is 1. The molecular weight excluding hydrogens is 198 g/mol. The quantitative estimate of drug-likeness (QED) is 0.761. The first-order valence-corrected chi connectivity index (χ1v) is 5.94. The van der Waals surface area contributed by atoms with Gasteiger partial charge in [-0.15, -0.1) is 0 Å². The third kappa shape index (κ3) is 2.61. The molecule has 1 aliphatic heterocycles. The third-order valence-corrected chi connectivity index (χ3v) is 3.52. The van der Waals surface area contributed by atoms with Crippen LogP contribution in [0.2, 0.25) is 0 Å². The minimum absolute atomic E-state index is 0.977. The highest BCUT2D eigenvalue weighted by Gasteiger charge is 2.15. The monoisotopic (exact) mass is 219 g/mol. The molecule has 2 N–H and O–H groups in total. The van der Waals surface area contributed by atoms with Crippen LogP contribution in [0.3, 0.4) is 0 Å². The Morgan fingerprint density at radius 2 is 1.81 bits per heavy atom. The van der Waals surface area contributed by atoms with Crippen molar-refractivity contribution in [2.24, 2.45) is 5.84 Å². The lowest BCUT2D eigenvalue weighted by molar-refractivity contribution is 0.128. The van der Waals surface area contributed by atoms with Gasteiger partial charge in [0, 0.05) is 32.7 Å².